The smallest absolute Gasteiger partial charge is 0.222 e. The van der Waals surface area contributed by atoms with Crippen LogP contribution in [0.3, 0.4) is 0 Å². The molecular weight excluding hydrogens is 242 g/mol. The summed E-state index contributed by atoms with van der Waals surface area (Å²) in [6.07, 6.45) is 1.07. The second kappa shape index (κ2) is 5.36. The van der Waals surface area contributed by atoms with Gasteiger partial charge in [0.25, 0.3) is 0 Å². The first-order chi connectivity index (χ1) is 8.99. The minimum atomic E-state index is -0.627. The van der Waals surface area contributed by atoms with E-state index in [4.69, 9.17) is 0 Å². The minimum absolute atomic E-state index is 0.358. The molecule has 6 nitrogen and oxygen atoms in total. The highest BCUT2D eigenvalue weighted by Crippen LogP contribution is 2.21. The van der Waals surface area contributed by atoms with Gasteiger partial charge in [0.1, 0.15) is 0 Å². The average molecular weight is 261 g/mol. The van der Waals surface area contributed by atoms with Crippen molar-refractivity contribution in [3.63, 3.8) is 0 Å². The van der Waals surface area contributed by atoms with Crippen LogP contribution in [0.4, 0.5) is 5.95 Å². The lowest BCUT2D eigenvalue weighted by Gasteiger charge is -2.12. The van der Waals surface area contributed by atoms with Crippen molar-refractivity contribution in [3.05, 3.63) is 34.9 Å². The number of rotatable bonds is 4. The molecule has 0 bridgehead atoms. The molecule has 0 aliphatic heterocycles. The van der Waals surface area contributed by atoms with Gasteiger partial charge in [-0.05, 0) is 26.8 Å². The molecule has 1 unspecified atom stereocenters. The molecule has 2 heterocycles. The van der Waals surface area contributed by atoms with E-state index in [0.717, 1.165) is 22.6 Å². The highest BCUT2D eigenvalue weighted by Gasteiger charge is 2.17. The molecular formula is C13H19N5O. The monoisotopic (exact) mass is 261 g/mol. The van der Waals surface area contributed by atoms with Gasteiger partial charge in [0, 0.05) is 36.7 Å². The van der Waals surface area contributed by atoms with Crippen LogP contribution in [0.1, 0.15) is 28.7 Å². The molecule has 1 atom stereocenters. The zero-order chi connectivity index (χ0) is 14.0. The van der Waals surface area contributed by atoms with E-state index in [-0.39, 0.29) is 0 Å². The Balaban J connectivity index is 2.07. The molecule has 0 spiro atoms. The summed E-state index contributed by atoms with van der Waals surface area (Å²) in [5.41, 5.74) is 3.57. The average Bonchev–Trinajstić information content (AvgIpc) is 2.61. The van der Waals surface area contributed by atoms with Gasteiger partial charge in [-0.25, -0.2) is 9.97 Å². The molecule has 0 saturated carbocycles. The van der Waals surface area contributed by atoms with Gasteiger partial charge in [-0.3, -0.25) is 4.68 Å². The highest BCUT2D eigenvalue weighted by molar-refractivity contribution is 5.30. The first-order valence-electron chi connectivity index (χ1n) is 6.20. The number of hydrogen-bond donors (Lipinski definition) is 2. The van der Waals surface area contributed by atoms with Gasteiger partial charge in [-0.15, -0.1) is 0 Å². The Bertz CT molecular complexity index is 578. The van der Waals surface area contributed by atoms with Crippen LogP contribution in [-0.2, 0) is 7.05 Å². The second-order valence-corrected chi connectivity index (χ2v) is 4.63. The third-order valence-electron chi connectivity index (χ3n) is 3.15. The third kappa shape index (κ3) is 2.90. The normalized spacial score (nSPS) is 12.5. The van der Waals surface area contributed by atoms with Crippen molar-refractivity contribution >= 4 is 5.95 Å². The van der Waals surface area contributed by atoms with Gasteiger partial charge < -0.3 is 10.4 Å². The van der Waals surface area contributed by atoms with Crippen molar-refractivity contribution in [1.29, 1.82) is 0 Å². The molecule has 0 radical (unpaired) electrons. The number of aryl methyl sites for hydroxylation is 3. The first kappa shape index (κ1) is 13.5. The molecule has 0 aliphatic rings. The summed E-state index contributed by atoms with van der Waals surface area (Å²) >= 11 is 0. The maximum Gasteiger partial charge on any atom is 0.222 e. The summed E-state index contributed by atoms with van der Waals surface area (Å²) in [5.74, 6) is 0.526. The Labute approximate surface area is 112 Å². The van der Waals surface area contributed by atoms with E-state index >= 15 is 0 Å². The number of anilines is 1. The molecule has 2 aromatic rings. The van der Waals surface area contributed by atoms with Crippen LogP contribution in [-0.4, -0.2) is 31.4 Å². The molecule has 19 heavy (non-hydrogen) atoms. The van der Waals surface area contributed by atoms with Crippen molar-refractivity contribution in [1.82, 2.24) is 19.7 Å². The van der Waals surface area contributed by atoms with E-state index in [0.29, 0.717) is 12.5 Å². The standard InChI is InChI=1S/C13H19N5O/c1-8-5-6-14-13(16-8)15-7-11(19)12-9(2)17-18(4)10(12)3/h5-6,11,19H,7H2,1-4H3,(H,14,15,16). The molecule has 2 rings (SSSR count). The van der Waals surface area contributed by atoms with Crippen LogP contribution >= 0.6 is 0 Å². The van der Waals surface area contributed by atoms with E-state index in [2.05, 4.69) is 20.4 Å². The van der Waals surface area contributed by atoms with Crippen molar-refractivity contribution < 1.29 is 5.11 Å². The summed E-state index contributed by atoms with van der Waals surface area (Å²) in [7, 11) is 1.87. The lowest BCUT2D eigenvalue weighted by molar-refractivity contribution is 0.190. The van der Waals surface area contributed by atoms with E-state index in [1.807, 2.05) is 33.9 Å². The SMILES string of the molecule is Cc1ccnc(NCC(O)c2c(C)nn(C)c2C)n1. The number of hydrogen-bond acceptors (Lipinski definition) is 5. The second-order valence-electron chi connectivity index (χ2n) is 4.63. The molecule has 0 fully saturated rings. The van der Waals surface area contributed by atoms with Gasteiger partial charge in [0.05, 0.1) is 11.8 Å². The predicted octanol–water partition coefficient (Wildman–Crippen LogP) is 1.28. The topological polar surface area (TPSA) is 75.9 Å². The predicted molar refractivity (Wildman–Crippen MR) is 72.9 cm³/mol. The van der Waals surface area contributed by atoms with E-state index in [9.17, 15) is 5.11 Å². The maximum atomic E-state index is 10.3. The Morgan fingerprint density at radius 3 is 2.68 bits per heavy atom. The lowest BCUT2D eigenvalue weighted by Crippen LogP contribution is -2.15. The van der Waals surface area contributed by atoms with Crippen LogP contribution in [0.25, 0.3) is 0 Å². The fourth-order valence-electron chi connectivity index (χ4n) is 2.10. The van der Waals surface area contributed by atoms with Crippen LogP contribution < -0.4 is 5.32 Å². The lowest BCUT2D eigenvalue weighted by atomic mass is 10.1. The van der Waals surface area contributed by atoms with Crippen molar-refractivity contribution in [2.45, 2.75) is 26.9 Å². The van der Waals surface area contributed by atoms with E-state index in [1.165, 1.54) is 0 Å². The Kier molecular flexibility index (Phi) is 3.80. The summed E-state index contributed by atoms with van der Waals surface area (Å²) in [4.78, 5) is 8.34. The number of nitrogens with one attached hydrogen (secondary N) is 1. The Morgan fingerprint density at radius 2 is 2.11 bits per heavy atom. The molecule has 102 valence electrons. The number of aromatic nitrogens is 4. The molecule has 0 aliphatic carbocycles. The van der Waals surface area contributed by atoms with Crippen LogP contribution in [0.2, 0.25) is 0 Å². The fourth-order valence-corrected chi connectivity index (χ4v) is 2.10. The van der Waals surface area contributed by atoms with Crippen LogP contribution in [0, 0.1) is 20.8 Å². The van der Waals surface area contributed by atoms with Gasteiger partial charge in [0.2, 0.25) is 5.95 Å². The quantitative estimate of drug-likeness (QED) is 0.867. The molecule has 2 N–H and O–H groups in total. The van der Waals surface area contributed by atoms with Crippen molar-refractivity contribution in [3.8, 4) is 0 Å². The Morgan fingerprint density at radius 1 is 1.37 bits per heavy atom. The van der Waals surface area contributed by atoms with E-state index in [1.54, 1.807) is 10.9 Å². The summed E-state index contributed by atoms with van der Waals surface area (Å²) in [5, 5.41) is 17.6. The summed E-state index contributed by atoms with van der Waals surface area (Å²) in [6, 6.07) is 1.83. The molecule has 0 aromatic carbocycles. The zero-order valence-corrected chi connectivity index (χ0v) is 11.7. The molecule has 2 aromatic heterocycles. The van der Waals surface area contributed by atoms with Gasteiger partial charge >= 0.3 is 0 Å². The molecule has 0 saturated heterocycles. The van der Waals surface area contributed by atoms with E-state index < -0.39 is 6.10 Å². The fraction of sp³-hybridized carbons (Fsp3) is 0.462. The number of aliphatic hydroxyl groups is 1. The molecule has 6 heteroatoms. The highest BCUT2D eigenvalue weighted by atomic mass is 16.3. The number of nitrogens with zero attached hydrogens (tertiary/aromatic N) is 4. The van der Waals surface area contributed by atoms with Crippen molar-refractivity contribution in [2.24, 2.45) is 7.05 Å². The first-order valence-corrected chi connectivity index (χ1v) is 6.20. The van der Waals surface area contributed by atoms with Gasteiger partial charge in [0.15, 0.2) is 0 Å². The molecule has 0 amide bonds. The zero-order valence-electron chi connectivity index (χ0n) is 11.7. The van der Waals surface area contributed by atoms with Crippen LogP contribution in [0.5, 0.6) is 0 Å². The minimum Gasteiger partial charge on any atom is -0.386 e. The summed E-state index contributed by atoms with van der Waals surface area (Å²) < 4.78 is 1.77. The Hall–Kier alpha value is -1.95. The van der Waals surface area contributed by atoms with Crippen LogP contribution in [0.15, 0.2) is 12.3 Å². The maximum absolute atomic E-state index is 10.3. The van der Waals surface area contributed by atoms with Gasteiger partial charge in [-0.2, -0.15) is 5.10 Å². The third-order valence-corrected chi connectivity index (χ3v) is 3.15. The largest absolute Gasteiger partial charge is 0.386 e. The van der Waals surface area contributed by atoms with Crippen molar-refractivity contribution in [2.75, 3.05) is 11.9 Å². The van der Waals surface area contributed by atoms with Gasteiger partial charge in [-0.1, -0.05) is 0 Å². The number of aliphatic hydroxyl groups excluding tert-OH is 1. The summed E-state index contributed by atoms with van der Waals surface area (Å²) in [6.45, 7) is 6.10.